The first-order chi connectivity index (χ1) is 8.33. The topological polar surface area (TPSA) is 73.5 Å². The second-order valence-corrected chi connectivity index (χ2v) is 4.29. The van der Waals surface area contributed by atoms with Crippen LogP contribution in [0, 0.1) is 0 Å². The van der Waals surface area contributed by atoms with Gasteiger partial charge < -0.3 is 5.32 Å². The van der Waals surface area contributed by atoms with Gasteiger partial charge >= 0.3 is 0 Å². The zero-order valence-electron chi connectivity index (χ0n) is 9.74. The minimum Gasteiger partial charge on any atom is -0.307 e. The first-order valence-electron chi connectivity index (χ1n) is 5.76. The second kappa shape index (κ2) is 4.25. The van der Waals surface area contributed by atoms with E-state index in [1.807, 2.05) is 11.7 Å². The molecule has 2 heterocycles. The van der Waals surface area contributed by atoms with Gasteiger partial charge in [-0.05, 0) is 12.8 Å². The maximum absolute atomic E-state index is 4.26. The summed E-state index contributed by atoms with van der Waals surface area (Å²) in [5.74, 6) is 1.82. The molecule has 1 N–H and O–H groups in total. The highest BCUT2D eigenvalue weighted by Gasteiger charge is 2.21. The van der Waals surface area contributed by atoms with E-state index in [2.05, 4.69) is 25.5 Å². The standard InChI is InChI=1S/C10H15N7/c1-16-10(13-6-14-16)5-17-9(12-7-15-17)4-11-8-2-3-8/h6-8,11H,2-5H2,1H3. The molecule has 1 aliphatic rings. The molecule has 90 valence electrons. The average molecular weight is 233 g/mol. The maximum atomic E-state index is 4.26. The fraction of sp³-hybridized carbons (Fsp3) is 0.600. The highest BCUT2D eigenvalue weighted by Crippen LogP contribution is 2.18. The van der Waals surface area contributed by atoms with Crippen LogP contribution in [-0.4, -0.2) is 35.6 Å². The fourth-order valence-corrected chi connectivity index (χ4v) is 1.68. The van der Waals surface area contributed by atoms with Gasteiger partial charge in [-0.1, -0.05) is 0 Å². The summed E-state index contributed by atoms with van der Waals surface area (Å²) >= 11 is 0. The van der Waals surface area contributed by atoms with Gasteiger partial charge in [0, 0.05) is 13.1 Å². The third-order valence-corrected chi connectivity index (χ3v) is 2.92. The van der Waals surface area contributed by atoms with E-state index in [9.17, 15) is 0 Å². The van der Waals surface area contributed by atoms with Crippen molar-refractivity contribution in [3.8, 4) is 0 Å². The average Bonchev–Trinajstić information content (AvgIpc) is 2.92. The molecule has 2 aromatic heterocycles. The molecule has 0 radical (unpaired) electrons. The van der Waals surface area contributed by atoms with Crippen LogP contribution in [0.2, 0.25) is 0 Å². The van der Waals surface area contributed by atoms with Gasteiger partial charge in [0.05, 0.1) is 6.54 Å². The summed E-state index contributed by atoms with van der Waals surface area (Å²) in [5.41, 5.74) is 0. The van der Waals surface area contributed by atoms with Gasteiger partial charge in [-0.2, -0.15) is 10.2 Å². The monoisotopic (exact) mass is 233 g/mol. The third kappa shape index (κ3) is 2.33. The first-order valence-corrected chi connectivity index (χ1v) is 5.76. The molecule has 0 bridgehead atoms. The van der Waals surface area contributed by atoms with Gasteiger partial charge in [-0.3, -0.25) is 4.68 Å². The van der Waals surface area contributed by atoms with Crippen LogP contribution in [0.25, 0.3) is 0 Å². The Bertz CT molecular complexity index is 496. The molecule has 2 aromatic rings. The number of hydrogen-bond donors (Lipinski definition) is 1. The second-order valence-electron chi connectivity index (χ2n) is 4.29. The van der Waals surface area contributed by atoms with Crippen LogP contribution in [0.4, 0.5) is 0 Å². The summed E-state index contributed by atoms with van der Waals surface area (Å²) in [6, 6.07) is 0.676. The van der Waals surface area contributed by atoms with Crippen molar-refractivity contribution in [3.63, 3.8) is 0 Å². The van der Waals surface area contributed by atoms with Crippen molar-refractivity contribution in [1.82, 2.24) is 34.8 Å². The minimum atomic E-state index is 0.609. The van der Waals surface area contributed by atoms with E-state index >= 15 is 0 Å². The van der Waals surface area contributed by atoms with E-state index in [-0.39, 0.29) is 0 Å². The predicted molar refractivity (Wildman–Crippen MR) is 60.0 cm³/mol. The zero-order valence-corrected chi connectivity index (χ0v) is 9.74. The Morgan fingerprint density at radius 2 is 2.00 bits per heavy atom. The molecule has 0 amide bonds. The van der Waals surface area contributed by atoms with Crippen LogP contribution in [-0.2, 0) is 20.1 Å². The van der Waals surface area contributed by atoms with Gasteiger partial charge in [0.1, 0.15) is 30.8 Å². The molecular weight excluding hydrogens is 218 g/mol. The first kappa shape index (κ1) is 10.4. The molecule has 7 heteroatoms. The number of rotatable bonds is 5. The van der Waals surface area contributed by atoms with Crippen LogP contribution in [0.1, 0.15) is 24.5 Å². The lowest BCUT2D eigenvalue weighted by Crippen LogP contribution is -2.20. The van der Waals surface area contributed by atoms with Crippen LogP contribution < -0.4 is 5.32 Å². The molecule has 0 aliphatic heterocycles. The van der Waals surface area contributed by atoms with E-state index in [1.54, 1.807) is 17.3 Å². The van der Waals surface area contributed by atoms with E-state index in [0.717, 1.165) is 18.2 Å². The molecule has 0 aromatic carbocycles. The van der Waals surface area contributed by atoms with Crippen LogP contribution in [0.3, 0.4) is 0 Å². The number of hydrogen-bond acceptors (Lipinski definition) is 5. The summed E-state index contributed by atoms with van der Waals surface area (Å²) in [5, 5.41) is 11.7. The van der Waals surface area contributed by atoms with E-state index in [0.29, 0.717) is 12.6 Å². The Balaban J connectivity index is 1.69. The molecular formula is C10H15N7. The van der Waals surface area contributed by atoms with Crippen molar-refractivity contribution in [2.45, 2.75) is 32.0 Å². The molecule has 0 unspecified atom stereocenters. The van der Waals surface area contributed by atoms with Crippen molar-refractivity contribution < 1.29 is 0 Å². The SMILES string of the molecule is Cn1ncnc1Cn1ncnc1CNC1CC1. The van der Waals surface area contributed by atoms with Gasteiger partial charge in [-0.15, -0.1) is 0 Å². The number of aryl methyl sites for hydroxylation is 1. The van der Waals surface area contributed by atoms with Crippen molar-refractivity contribution in [2.75, 3.05) is 0 Å². The summed E-state index contributed by atoms with van der Waals surface area (Å²) < 4.78 is 3.61. The highest BCUT2D eigenvalue weighted by molar-refractivity contribution is 4.92. The maximum Gasteiger partial charge on any atom is 0.148 e. The lowest BCUT2D eigenvalue weighted by molar-refractivity contribution is 0.554. The lowest BCUT2D eigenvalue weighted by Gasteiger charge is -2.06. The van der Waals surface area contributed by atoms with E-state index in [1.165, 1.54) is 12.8 Å². The molecule has 1 fully saturated rings. The Kier molecular flexibility index (Phi) is 2.60. The Morgan fingerprint density at radius 1 is 1.24 bits per heavy atom. The van der Waals surface area contributed by atoms with E-state index in [4.69, 9.17) is 0 Å². The highest BCUT2D eigenvalue weighted by atomic mass is 15.4. The van der Waals surface area contributed by atoms with Crippen molar-refractivity contribution in [3.05, 3.63) is 24.3 Å². The quantitative estimate of drug-likeness (QED) is 0.768. The summed E-state index contributed by atoms with van der Waals surface area (Å²) in [6.07, 6.45) is 5.68. The smallest absolute Gasteiger partial charge is 0.148 e. The lowest BCUT2D eigenvalue weighted by atomic mass is 10.5. The Hall–Kier alpha value is -1.76. The van der Waals surface area contributed by atoms with Crippen molar-refractivity contribution in [1.29, 1.82) is 0 Å². The molecule has 17 heavy (non-hydrogen) atoms. The van der Waals surface area contributed by atoms with Gasteiger partial charge in [0.15, 0.2) is 0 Å². The predicted octanol–water partition coefficient (Wildman–Crippen LogP) is -0.293. The molecule has 0 atom stereocenters. The number of nitrogens with zero attached hydrogens (tertiary/aromatic N) is 6. The molecule has 0 spiro atoms. The third-order valence-electron chi connectivity index (χ3n) is 2.92. The van der Waals surface area contributed by atoms with Gasteiger partial charge in [0.25, 0.3) is 0 Å². The summed E-state index contributed by atoms with van der Waals surface area (Å²) in [6.45, 7) is 1.38. The number of aromatic nitrogens is 6. The largest absolute Gasteiger partial charge is 0.307 e. The number of nitrogens with one attached hydrogen (secondary N) is 1. The fourth-order valence-electron chi connectivity index (χ4n) is 1.68. The normalized spacial score (nSPS) is 15.4. The van der Waals surface area contributed by atoms with Crippen molar-refractivity contribution >= 4 is 0 Å². The summed E-state index contributed by atoms with van der Waals surface area (Å²) in [7, 11) is 1.88. The van der Waals surface area contributed by atoms with Crippen LogP contribution >= 0.6 is 0 Å². The van der Waals surface area contributed by atoms with Gasteiger partial charge in [0.2, 0.25) is 0 Å². The Labute approximate surface area is 98.9 Å². The van der Waals surface area contributed by atoms with Gasteiger partial charge in [-0.25, -0.2) is 14.6 Å². The molecule has 1 saturated carbocycles. The molecule has 7 nitrogen and oxygen atoms in total. The summed E-state index contributed by atoms with van der Waals surface area (Å²) in [4.78, 5) is 8.44. The minimum absolute atomic E-state index is 0.609. The molecule has 3 rings (SSSR count). The van der Waals surface area contributed by atoms with Crippen molar-refractivity contribution in [2.24, 2.45) is 7.05 Å². The molecule has 0 saturated heterocycles. The van der Waals surface area contributed by atoms with Crippen LogP contribution in [0.15, 0.2) is 12.7 Å². The zero-order chi connectivity index (χ0) is 11.7. The van der Waals surface area contributed by atoms with Crippen LogP contribution in [0.5, 0.6) is 0 Å². The van der Waals surface area contributed by atoms with E-state index < -0.39 is 0 Å². The molecule has 1 aliphatic carbocycles. The Morgan fingerprint density at radius 3 is 2.71 bits per heavy atom.